The van der Waals surface area contributed by atoms with Crippen LogP contribution in [0.3, 0.4) is 0 Å². The van der Waals surface area contributed by atoms with Crippen molar-refractivity contribution in [2.45, 2.75) is 25.0 Å². The molecule has 0 aliphatic carbocycles. The van der Waals surface area contributed by atoms with Gasteiger partial charge in [-0.2, -0.15) is 4.98 Å². The van der Waals surface area contributed by atoms with Crippen molar-refractivity contribution in [3.05, 3.63) is 41.5 Å². The Morgan fingerprint density at radius 2 is 2.05 bits per heavy atom. The fourth-order valence-corrected chi connectivity index (χ4v) is 2.58. The highest BCUT2D eigenvalue weighted by molar-refractivity contribution is 5.25. The molecule has 0 saturated heterocycles. The van der Waals surface area contributed by atoms with E-state index in [0.29, 0.717) is 0 Å². The summed E-state index contributed by atoms with van der Waals surface area (Å²) in [6.07, 6.45) is 1.62. The smallest absolute Gasteiger partial charge is 0.239 e. The van der Waals surface area contributed by atoms with Crippen LogP contribution < -0.4 is 5.73 Å². The number of aromatic nitrogens is 3. The molecule has 3 rings (SSSR count). The Kier molecular flexibility index (Phi) is 2.94. The van der Waals surface area contributed by atoms with Gasteiger partial charge in [0.2, 0.25) is 5.95 Å². The zero-order chi connectivity index (χ0) is 13.4. The fraction of sp³-hybridized carbons (Fsp3) is 0.385. The summed E-state index contributed by atoms with van der Waals surface area (Å²) >= 11 is 0. The Labute approximate surface area is 110 Å². The Balaban J connectivity index is 2.02. The molecule has 2 N–H and O–H groups in total. The van der Waals surface area contributed by atoms with Crippen molar-refractivity contribution >= 4 is 5.95 Å². The summed E-state index contributed by atoms with van der Waals surface area (Å²) in [7, 11) is 1.65. The average molecular weight is 262 g/mol. The zero-order valence-electron chi connectivity index (χ0n) is 10.6. The number of hydrogen-bond donors (Lipinski definition) is 1. The second-order valence-electron chi connectivity index (χ2n) is 4.64. The standard InChI is InChI=1S/C13H15FN4O/c1-19-11-7-6-10(8-2-4-9(14)5-3-8)18-12(11)16-13(15)17-18/h2-5,10-11H,6-7H2,1H3,(H2,15,17). The quantitative estimate of drug-likeness (QED) is 0.899. The lowest BCUT2D eigenvalue weighted by molar-refractivity contribution is 0.0649. The van der Waals surface area contributed by atoms with Crippen LogP contribution in [-0.2, 0) is 4.74 Å². The molecule has 6 heteroatoms. The van der Waals surface area contributed by atoms with Crippen LogP contribution in [0, 0.1) is 5.82 Å². The number of benzene rings is 1. The lowest BCUT2D eigenvalue weighted by atomic mass is 9.96. The highest BCUT2D eigenvalue weighted by Gasteiger charge is 2.31. The first-order valence-corrected chi connectivity index (χ1v) is 6.19. The molecule has 1 aliphatic rings. The normalized spacial score (nSPS) is 22.2. The Morgan fingerprint density at radius 1 is 1.32 bits per heavy atom. The molecule has 19 heavy (non-hydrogen) atoms. The SMILES string of the molecule is COC1CCC(c2ccc(F)cc2)n2nc(N)nc21. The zero-order valence-corrected chi connectivity index (χ0v) is 10.6. The number of methoxy groups -OCH3 is 1. The number of rotatable bonds is 2. The van der Waals surface area contributed by atoms with Gasteiger partial charge in [0.25, 0.3) is 0 Å². The van der Waals surface area contributed by atoms with E-state index in [1.807, 2.05) is 0 Å². The third-order valence-corrected chi connectivity index (χ3v) is 3.50. The van der Waals surface area contributed by atoms with Crippen molar-refractivity contribution in [2.24, 2.45) is 0 Å². The first-order chi connectivity index (χ1) is 9.19. The van der Waals surface area contributed by atoms with E-state index in [2.05, 4.69) is 10.1 Å². The highest BCUT2D eigenvalue weighted by Crippen LogP contribution is 2.36. The molecule has 2 aromatic rings. The van der Waals surface area contributed by atoms with Crippen LogP contribution in [0.15, 0.2) is 24.3 Å². The second kappa shape index (κ2) is 4.62. The molecule has 1 aromatic heterocycles. The molecular formula is C13H15FN4O. The summed E-state index contributed by atoms with van der Waals surface area (Å²) in [5, 5.41) is 4.24. The predicted octanol–water partition coefficient (Wildman–Crippen LogP) is 2.07. The molecule has 0 bridgehead atoms. The van der Waals surface area contributed by atoms with E-state index in [1.54, 1.807) is 23.9 Å². The maximum atomic E-state index is 13.0. The predicted molar refractivity (Wildman–Crippen MR) is 68.0 cm³/mol. The third-order valence-electron chi connectivity index (χ3n) is 3.50. The first kappa shape index (κ1) is 12.1. The van der Waals surface area contributed by atoms with Gasteiger partial charge in [-0.3, -0.25) is 0 Å². The highest BCUT2D eigenvalue weighted by atomic mass is 19.1. The van der Waals surface area contributed by atoms with Gasteiger partial charge in [-0.25, -0.2) is 9.07 Å². The van der Waals surface area contributed by atoms with Gasteiger partial charge in [0.1, 0.15) is 11.9 Å². The van der Waals surface area contributed by atoms with Gasteiger partial charge in [-0.15, -0.1) is 5.10 Å². The molecule has 2 unspecified atom stereocenters. The topological polar surface area (TPSA) is 66.0 Å². The van der Waals surface area contributed by atoms with Crippen molar-refractivity contribution in [3.8, 4) is 0 Å². The van der Waals surface area contributed by atoms with Gasteiger partial charge in [0.05, 0.1) is 6.04 Å². The minimum Gasteiger partial charge on any atom is -0.373 e. The minimum absolute atomic E-state index is 0.0341. The van der Waals surface area contributed by atoms with Gasteiger partial charge in [0, 0.05) is 7.11 Å². The molecule has 1 aliphatic heterocycles. The maximum Gasteiger partial charge on any atom is 0.239 e. The molecule has 0 radical (unpaired) electrons. The Bertz CT molecular complexity index is 581. The summed E-state index contributed by atoms with van der Waals surface area (Å²) in [4.78, 5) is 4.23. The summed E-state index contributed by atoms with van der Waals surface area (Å²) in [6.45, 7) is 0. The van der Waals surface area contributed by atoms with Gasteiger partial charge in [-0.05, 0) is 30.5 Å². The summed E-state index contributed by atoms with van der Waals surface area (Å²) in [6, 6.07) is 6.49. The summed E-state index contributed by atoms with van der Waals surface area (Å²) in [5.41, 5.74) is 6.68. The lowest BCUT2D eigenvalue weighted by Crippen LogP contribution is -2.24. The molecular weight excluding hydrogens is 247 g/mol. The van der Waals surface area contributed by atoms with Crippen molar-refractivity contribution in [2.75, 3.05) is 12.8 Å². The Morgan fingerprint density at radius 3 is 2.74 bits per heavy atom. The third kappa shape index (κ3) is 2.08. The van der Waals surface area contributed by atoms with E-state index in [-0.39, 0.29) is 23.9 Å². The number of fused-ring (bicyclic) bond motifs is 1. The van der Waals surface area contributed by atoms with E-state index in [0.717, 1.165) is 24.2 Å². The van der Waals surface area contributed by atoms with E-state index < -0.39 is 0 Å². The molecule has 5 nitrogen and oxygen atoms in total. The molecule has 1 aromatic carbocycles. The van der Waals surface area contributed by atoms with Crippen LogP contribution in [0.25, 0.3) is 0 Å². The minimum atomic E-state index is -0.243. The molecule has 0 amide bonds. The van der Waals surface area contributed by atoms with E-state index in [1.165, 1.54) is 12.1 Å². The molecule has 100 valence electrons. The van der Waals surface area contributed by atoms with Crippen molar-refractivity contribution in [1.29, 1.82) is 0 Å². The number of halogens is 1. The van der Waals surface area contributed by atoms with Crippen LogP contribution in [0.1, 0.15) is 36.4 Å². The van der Waals surface area contributed by atoms with E-state index in [9.17, 15) is 4.39 Å². The number of anilines is 1. The van der Waals surface area contributed by atoms with Crippen LogP contribution in [0.5, 0.6) is 0 Å². The number of nitrogen functional groups attached to an aromatic ring is 1. The number of ether oxygens (including phenoxy) is 1. The molecule has 2 atom stereocenters. The summed E-state index contributed by atoms with van der Waals surface area (Å²) < 4.78 is 20.2. The number of nitrogens with two attached hydrogens (primary N) is 1. The van der Waals surface area contributed by atoms with Gasteiger partial charge >= 0.3 is 0 Å². The maximum absolute atomic E-state index is 13.0. The van der Waals surface area contributed by atoms with E-state index >= 15 is 0 Å². The van der Waals surface area contributed by atoms with Crippen LogP contribution in [-0.4, -0.2) is 21.9 Å². The average Bonchev–Trinajstić information content (AvgIpc) is 2.80. The van der Waals surface area contributed by atoms with Crippen molar-refractivity contribution in [1.82, 2.24) is 14.8 Å². The largest absolute Gasteiger partial charge is 0.373 e. The molecule has 0 spiro atoms. The molecule has 0 fully saturated rings. The second-order valence-corrected chi connectivity index (χ2v) is 4.64. The molecule has 0 saturated carbocycles. The van der Waals surface area contributed by atoms with E-state index in [4.69, 9.17) is 10.5 Å². The van der Waals surface area contributed by atoms with Gasteiger partial charge in [-0.1, -0.05) is 12.1 Å². The fourth-order valence-electron chi connectivity index (χ4n) is 2.58. The molecule has 2 heterocycles. The van der Waals surface area contributed by atoms with Crippen molar-refractivity contribution < 1.29 is 9.13 Å². The Hall–Kier alpha value is -1.95. The van der Waals surface area contributed by atoms with Crippen LogP contribution >= 0.6 is 0 Å². The monoisotopic (exact) mass is 262 g/mol. The number of hydrogen-bond acceptors (Lipinski definition) is 4. The van der Waals surface area contributed by atoms with Crippen LogP contribution in [0.2, 0.25) is 0 Å². The first-order valence-electron chi connectivity index (χ1n) is 6.19. The van der Waals surface area contributed by atoms with Crippen LogP contribution in [0.4, 0.5) is 10.3 Å². The summed E-state index contributed by atoms with van der Waals surface area (Å²) in [5.74, 6) is 0.735. The van der Waals surface area contributed by atoms with Gasteiger partial charge < -0.3 is 10.5 Å². The van der Waals surface area contributed by atoms with Crippen molar-refractivity contribution in [3.63, 3.8) is 0 Å². The van der Waals surface area contributed by atoms with Gasteiger partial charge in [0.15, 0.2) is 5.82 Å². The lowest BCUT2D eigenvalue weighted by Gasteiger charge is -2.28. The number of nitrogens with zero attached hydrogens (tertiary/aromatic N) is 3.